The minimum Gasteiger partial charge on any atom is -0.370 e. The van der Waals surface area contributed by atoms with E-state index in [2.05, 4.69) is 43.7 Å². The van der Waals surface area contributed by atoms with E-state index in [1.807, 2.05) is 24.3 Å². The number of nitrogens with two attached hydrogens (primary N) is 1. The number of aliphatic imine (C=N–C) groups is 1. The van der Waals surface area contributed by atoms with Gasteiger partial charge in [-0.05, 0) is 11.1 Å². The summed E-state index contributed by atoms with van der Waals surface area (Å²) in [7, 11) is 0. The van der Waals surface area contributed by atoms with Gasteiger partial charge in [0.15, 0.2) is 5.96 Å². The van der Waals surface area contributed by atoms with Crippen molar-refractivity contribution in [1.29, 1.82) is 0 Å². The summed E-state index contributed by atoms with van der Waals surface area (Å²) in [5.74, 6) is 2.95. The molecule has 0 spiro atoms. The van der Waals surface area contributed by atoms with Crippen molar-refractivity contribution in [2.75, 3.05) is 24.6 Å². The second kappa shape index (κ2) is 9.17. The van der Waals surface area contributed by atoms with Gasteiger partial charge in [-0.25, -0.2) is 9.98 Å². The molecule has 7 heteroatoms. The van der Waals surface area contributed by atoms with Crippen LogP contribution in [0.2, 0.25) is 0 Å². The second-order valence-electron chi connectivity index (χ2n) is 5.33. The maximum Gasteiger partial charge on any atom is 0.191 e. The molecule has 0 radical (unpaired) electrons. The van der Waals surface area contributed by atoms with Crippen LogP contribution in [0.3, 0.4) is 0 Å². The third-order valence-electron chi connectivity index (χ3n) is 3.71. The number of halogens is 1. The largest absolute Gasteiger partial charge is 0.370 e. The lowest BCUT2D eigenvalue weighted by molar-refractivity contribution is 0.455. The van der Waals surface area contributed by atoms with Gasteiger partial charge in [-0.3, -0.25) is 0 Å². The van der Waals surface area contributed by atoms with Gasteiger partial charge in [-0.1, -0.05) is 24.3 Å². The predicted molar refractivity (Wildman–Crippen MR) is 107 cm³/mol. The Morgan fingerprint density at radius 3 is 2.52 bits per heavy atom. The van der Waals surface area contributed by atoms with E-state index >= 15 is 0 Å². The van der Waals surface area contributed by atoms with Gasteiger partial charge in [0.05, 0.1) is 12.9 Å². The highest BCUT2D eigenvalue weighted by molar-refractivity contribution is 14.0. The van der Waals surface area contributed by atoms with Crippen LogP contribution in [-0.4, -0.2) is 45.0 Å². The summed E-state index contributed by atoms with van der Waals surface area (Å²) in [6.45, 7) is 3.49. The molecule has 124 valence electrons. The lowest BCUT2D eigenvalue weighted by Crippen LogP contribution is -2.42. The predicted octanol–water partition coefficient (Wildman–Crippen LogP) is 2.41. The van der Waals surface area contributed by atoms with Crippen LogP contribution in [-0.2, 0) is 13.1 Å². The van der Waals surface area contributed by atoms with Gasteiger partial charge < -0.3 is 15.2 Å². The highest BCUT2D eigenvalue weighted by Crippen LogP contribution is 2.10. The summed E-state index contributed by atoms with van der Waals surface area (Å²) in [5.41, 5.74) is 8.51. The number of thioether (sulfide) groups is 1. The fourth-order valence-electron chi connectivity index (χ4n) is 2.41. The van der Waals surface area contributed by atoms with Crippen molar-refractivity contribution in [2.24, 2.45) is 10.7 Å². The number of imidazole rings is 1. The average molecular weight is 443 g/mol. The average Bonchev–Trinajstić information content (AvgIpc) is 3.08. The minimum absolute atomic E-state index is 0. The van der Waals surface area contributed by atoms with Crippen molar-refractivity contribution < 1.29 is 0 Å². The zero-order valence-corrected chi connectivity index (χ0v) is 16.1. The van der Waals surface area contributed by atoms with Crippen LogP contribution in [0.1, 0.15) is 11.1 Å². The number of rotatable bonds is 4. The fraction of sp³-hybridized carbons (Fsp3) is 0.375. The second-order valence-corrected chi connectivity index (χ2v) is 6.55. The smallest absolute Gasteiger partial charge is 0.191 e. The molecule has 0 saturated carbocycles. The quantitative estimate of drug-likeness (QED) is 0.448. The molecular formula is C16H22IN5S. The first-order chi connectivity index (χ1) is 10.8. The van der Waals surface area contributed by atoms with Crippen molar-refractivity contribution in [3.05, 3.63) is 54.1 Å². The molecule has 1 aromatic carbocycles. The third-order valence-corrected chi connectivity index (χ3v) is 4.65. The maximum atomic E-state index is 6.07. The molecule has 0 aliphatic carbocycles. The Morgan fingerprint density at radius 2 is 1.87 bits per heavy atom. The van der Waals surface area contributed by atoms with Crippen LogP contribution < -0.4 is 5.73 Å². The number of hydrogen-bond acceptors (Lipinski definition) is 3. The maximum absolute atomic E-state index is 6.07. The summed E-state index contributed by atoms with van der Waals surface area (Å²) in [6.07, 6.45) is 5.59. The Kier molecular flexibility index (Phi) is 7.22. The van der Waals surface area contributed by atoms with E-state index in [0.29, 0.717) is 12.5 Å². The summed E-state index contributed by atoms with van der Waals surface area (Å²) in [4.78, 5) is 10.7. The van der Waals surface area contributed by atoms with E-state index < -0.39 is 0 Å². The van der Waals surface area contributed by atoms with Gasteiger partial charge in [0.25, 0.3) is 0 Å². The Balaban J connectivity index is 0.00000192. The van der Waals surface area contributed by atoms with Gasteiger partial charge in [0, 0.05) is 43.5 Å². The van der Waals surface area contributed by atoms with Crippen molar-refractivity contribution in [3.63, 3.8) is 0 Å². The van der Waals surface area contributed by atoms with Crippen molar-refractivity contribution in [3.8, 4) is 0 Å². The highest BCUT2D eigenvalue weighted by Gasteiger charge is 2.11. The lowest BCUT2D eigenvalue weighted by Gasteiger charge is -2.27. The zero-order chi connectivity index (χ0) is 15.2. The van der Waals surface area contributed by atoms with Gasteiger partial charge in [-0.15, -0.1) is 24.0 Å². The van der Waals surface area contributed by atoms with E-state index in [1.54, 1.807) is 6.20 Å². The summed E-state index contributed by atoms with van der Waals surface area (Å²) < 4.78 is 2.06. The molecule has 0 unspecified atom stereocenters. The summed E-state index contributed by atoms with van der Waals surface area (Å²) >= 11 is 1.97. The Bertz CT molecular complexity index is 606. The van der Waals surface area contributed by atoms with Crippen LogP contribution in [0.4, 0.5) is 0 Å². The van der Waals surface area contributed by atoms with Gasteiger partial charge in [0.2, 0.25) is 0 Å². The lowest BCUT2D eigenvalue weighted by atomic mass is 10.1. The molecule has 0 amide bonds. The fourth-order valence-corrected chi connectivity index (χ4v) is 3.31. The minimum atomic E-state index is 0. The van der Waals surface area contributed by atoms with E-state index in [0.717, 1.165) is 31.1 Å². The molecule has 1 aliphatic rings. The molecule has 0 bridgehead atoms. The van der Waals surface area contributed by atoms with Crippen LogP contribution in [0.5, 0.6) is 0 Å². The molecule has 1 aromatic heterocycles. The highest BCUT2D eigenvalue weighted by atomic mass is 127. The summed E-state index contributed by atoms with van der Waals surface area (Å²) in [6, 6.07) is 8.52. The van der Waals surface area contributed by atoms with Gasteiger partial charge >= 0.3 is 0 Å². The van der Waals surface area contributed by atoms with Gasteiger partial charge in [0.1, 0.15) is 0 Å². The van der Waals surface area contributed by atoms with E-state index in [-0.39, 0.29) is 24.0 Å². The molecule has 3 rings (SSSR count). The first kappa shape index (κ1) is 18.1. The monoisotopic (exact) mass is 443 g/mol. The number of benzene rings is 1. The molecule has 1 aliphatic heterocycles. The number of nitrogens with zero attached hydrogens (tertiary/aromatic N) is 4. The molecule has 5 nitrogen and oxygen atoms in total. The molecule has 2 N–H and O–H groups in total. The Morgan fingerprint density at radius 1 is 1.17 bits per heavy atom. The molecular weight excluding hydrogens is 421 g/mol. The van der Waals surface area contributed by atoms with Gasteiger partial charge in [-0.2, -0.15) is 11.8 Å². The molecule has 1 fully saturated rings. The first-order valence-corrected chi connectivity index (χ1v) is 8.63. The number of guanidine groups is 1. The Labute approximate surface area is 158 Å². The molecule has 2 aromatic rings. The van der Waals surface area contributed by atoms with E-state index in [1.165, 1.54) is 11.1 Å². The van der Waals surface area contributed by atoms with E-state index in [9.17, 15) is 0 Å². The topological polar surface area (TPSA) is 59.4 Å². The molecule has 0 atom stereocenters. The SMILES string of the molecule is I.NC(=NCc1ccc(Cn2ccnc2)cc1)N1CCSCC1. The third kappa shape index (κ3) is 5.42. The van der Waals surface area contributed by atoms with Crippen molar-refractivity contribution >= 4 is 41.7 Å². The van der Waals surface area contributed by atoms with Crippen LogP contribution in [0.15, 0.2) is 48.0 Å². The van der Waals surface area contributed by atoms with Crippen molar-refractivity contribution in [2.45, 2.75) is 13.1 Å². The van der Waals surface area contributed by atoms with E-state index in [4.69, 9.17) is 5.73 Å². The van der Waals surface area contributed by atoms with Crippen LogP contribution in [0.25, 0.3) is 0 Å². The normalized spacial score (nSPS) is 15.3. The first-order valence-electron chi connectivity index (χ1n) is 7.47. The van der Waals surface area contributed by atoms with Crippen LogP contribution >= 0.6 is 35.7 Å². The van der Waals surface area contributed by atoms with Crippen LogP contribution in [0, 0.1) is 0 Å². The Hall–Kier alpha value is -1.22. The molecule has 2 heterocycles. The number of hydrogen-bond donors (Lipinski definition) is 1. The van der Waals surface area contributed by atoms with Crippen molar-refractivity contribution in [1.82, 2.24) is 14.5 Å². The standard InChI is InChI=1S/C16H21N5S.HI/c17-16(21-7-9-22-10-8-21)19-11-14-1-3-15(4-2-14)12-20-6-5-18-13-20;/h1-6,13H,7-12H2,(H2,17,19);1H. The molecule has 23 heavy (non-hydrogen) atoms. The molecule has 1 saturated heterocycles. The number of aromatic nitrogens is 2. The summed E-state index contributed by atoms with van der Waals surface area (Å²) in [5, 5.41) is 0. The zero-order valence-electron chi connectivity index (χ0n) is 13.0.